The van der Waals surface area contributed by atoms with Crippen molar-refractivity contribution >= 4 is 17.5 Å². The van der Waals surface area contributed by atoms with Crippen molar-refractivity contribution in [2.24, 2.45) is 0 Å². The van der Waals surface area contributed by atoms with Gasteiger partial charge in [0.1, 0.15) is 34.6 Å². The van der Waals surface area contributed by atoms with Gasteiger partial charge in [0.05, 0.1) is 0 Å². The van der Waals surface area contributed by atoms with Gasteiger partial charge in [-0.2, -0.15) is 0 Å². The van der Waals surface area contributed by atoms with Crippen LogP contribution in [0.2, 0.25) is 0 Å². The highest BCUT2D eigenvalue weighted by Crippen LogP contribution is 2.28. The van der Waals surface area contributed by atoms with Gasteiger partial charge >= 0.3 is 0 Å². The monoisotopic (exact) mass is 444 g/mol. The van der Waals surface area contributed by atoms with E-state index in [0.29, 0.717) is 11.3 Å². The smallest absolute Gasteiger partial charge is 0.261 e. The molecule has 5 nitrogen and oxygen atoms in total. The Hall–Kier alpha value is -3.88. The molecule has 1 aliphatic heterocycles. The summed E-state index contributed by atoms with van der Waals surface area (Å²) in [6.07, 6.45) is 0. The van der Waals surface area contributed by atoms with Crippen LogP contribution in [0.1, 0.15) is 21.5 Å². The molecular weight excluding hydrogens is 428 g/mol. The number of hydrogen-bond donors (Lipinski definition) is 1. The van der Waals surface area contributed by atoms with Gasteiger partial charge in [-0.1, -0.05) is 6.07 Å². The molecule has 4 rings (SSSR count). The summed E-state index contributed by atoms with van der Waals surface area (Å²) in [5.74, 6) is -4.52. The minimum atomic E-state index is -1.00. The van der Waals surface area contributed by atoms with Gasteiger partial charge in [0, 0.05) is 30.4 Å². The van der Waals surface area contributed by atoms with E-state index in [0.717, 1.165) is 36.4 Å². The first-order chi connectivity index (χ1) is 15.3. The molecule has 0 aromatic heterocycles. The lowest BCUT2D eigenvalue weighted by Gasteiger charge is -2.20. The van der Waals surface area contributed by atoms with Crippen LogP contribution in [0.3, 0.4) is 0 Å². The van der Waals surface area contributed by atoms with E-state index >= 15 is 0 Å². The van der Waals surface area contributed by atoms with Gasteiger partial charge in [0.2, 0.25) is 0 Å². The number of rotatable bonds is 4. The number of anilines is 1. The van der Waals surface area contributed by atoms with E-state index in [-0.39, 0.29) is 30.9 Å². The number of carbonyl (C=O) groups excluding carboxylic acids is 2. The van der Waals surface area contributed by atoms with Gasteiger partial charge in [0.25, 0.3) is 11.8 Å². The lowest BCUT2D eigenvalue weighted by Crippen LogP contribution is -2.31. The average Bonchev–Trinajstić information content (AvgIpc) is 2.86. The fourth-order valence-electron chi connectivity index (χ4n) is 3.42. The minimum absolute atomic E-state index is 0.0318. The molecule has 32 heavy (non-hydrogen) atoms. The Morgan fingerprint density at radius 2 is 1.66 bits per heavy atom. The molecule has 2 amide bonds. The van der Waals surface area contributed by atoms with Crippen LogP contribution in [-0.4, -0.2) is 23.3 Å². The Morgan fingerprint density at radius 1 is 0.969 bits per heavy atom. The number of benzene rings is 3. The Balaban J connectivity index is 1.57. The summed E-state index contributed by atoms with van der Waals surface area (Å²) >= 11 is 0. The Morgan fingerprint density at radius 3 is 2.34 bits per heavy atom. The first-order valence-electron chi connectivity index (χ1n) is 9.54. The van der Waals surface area contributed by atoms with E-state index < -0.39 is 40.6 Å². The van der Waals surface area contributed by atoms with E-state index in [4.69, 9.17) is 4.74 Å². The summed E-state index contributed by atoms with van der Waals surface area (Å²) in [5, 5.41) is 2.42. The van der Waals surface area contributed by atoms with Crippen LogP contribution in [-0.2, 0) is 17.9 Å². The molecule has 9 heteroatoms. The van der Waals surface area contributed by atoms with Crippen LogP contribution in [0.5, 0.6) is 5.75 Å². The van der Waals surface area contributed by atoms with Gasteiger partial charge < -0.3 is 15.0 Å². The van der Waals surface area contributed by atoms with E-state index in [2.05, 4.69) is 5.32 Å². The van der Waals surface area contributed by atoms with E-state index in [1.54, 1.807) is 0 Å². The van der Waals surface area contributed by atoms with Gasteiger partial charge in [0.15, 0.2) is 6.61 Å². The predicted molar refractivity (Wildman–Crippen MR) is 107 cm³/mol. The zero-order valence-electron chi connectivity index (χ0n) is 16.5. The first kappa shape index (κ1) is 21.4. The second kappa shape index (κ2) is 8.70. The molecule has 0 aliphatic carbocycles. The van der Waals surface area contributed by atoms with Crippen molar-refractivity contribution in [3.05, 3.63) is 94.6 Å². The highest BCUT2D eigenvalue weighted by molar-refractivity contribution is 6.04. The molecule has 164 valence electrons. The molecular formula is C23H16F4N2O3. The largest absolute Gasteiger partial charge is 0.483 e. The number of amides is 2. The highest BCUT2D eigenvalue weighted by atomic mass is 19.1. The average molecular weight is 444 g/mol. The third-order valence-corrected chi connectivity index (χ3v) is 4.87. The Bertz CT molecular complexity index is 1180. The number of hydrogen-bond acceptors (Lipinski definition) is 3. The molecule has 0 radical (unpaired) electrons. The Labute approximate surface area is 180 Å². The highest BCUT2D eigenvalue weighted by Gasteiger charge is 2.23. The fraction of sp³-hybridized carbons (Fsp3) is 0.130. The number of nitrogens with zero attached hydrogens (tertiary/aromatic N) is 1. The normalized spacial score (nSPS) is 13.2. The molecule has 0 spiro atoms. The maximum absolute atomic E-state index is 13.9. The molecule has 1 heterocycles. The molecule has 0 bridgehead atoms. The van der Waals surface area contributed by atoms with Crippen LogP contribution in [0.4, 0.5) is 23.2 Å². The van der Waals surface area contributed by atoms with Crippen LogP contribution in [0.15, 0.2) is 54.6 Å². The van der Waals surface area contributed by atoms with Gasteiger partial charge in [-0.3, -0.25) is 9.59 Å². The maximum atomic E-state index is 13.9. The third-order valence-electron chi connectivity index (χ3n) is 4.87. The molecule has 1 N–H and O–H groups in total. The molecule has 3 aromatic carbocycles. The summed E-state index contributed by atoms with van der Waals surface area (Å²) < 4.78 is 60.2. The zero-order valence-corrected chi connectivity index (χ0v) is 16.5. The van der Waals surface area contributed by atoms with Crippen molar-refractivity contribution in [2.45, 2.75) is 13.1 Å². The summed E-state index contributed by atoms with van der Waals surface area (Å²) in [5.41, 5.74) is 0.271. The number of halogens is 4. The number of ether oxygens (including phenoxy) is 1. The molecule has 0 unspecified atom stereocenters. The molecule has 0 saturated heterocycles. The number of nitrogens with one attached hydrogen (secondary N) is 1. The van der Waals surface area contributed by atoms with Crippen LogP contribution >= 0.6 is 0 Å². The molecule has 1 aliphatic rings. The molecule has 0 atom stereocenters. The lowest BCUT2D eigenvalue weighted by molar-refractivity contribution is -0.133. The van der Waals surface area contributed by atoms with Crippen molar-refractivity contribution in [3.63, 3.8) is 0 Å². The standard InChI is InChI=1S/C23H16F4N2O3/c24-15-6-13(7-16(25)9-15)10-29-11-14-8-17(4-5-20(14)32-12-21(29)30)28-23(31)22-18(26)2-1-3-19(22)27/h1-9H,10-12H2,(H,28,31). The summed E-state index contributed by atoms with van der Waals surface area (Å²) in [7, 11) is 0. The topological polar surface area (TPSA) is 58.6 Å². The molecule has 3 aromatic rings. The molecule has 0 fully saturated rings. The lowest BCUT2D eigenvalue weighted by atomic mass is 10.1. The van der Waals surface area contributed by atoms with Gasteiger partial charge in [-0.25, -0.2) is 17.6 Å². The summed E-state index contributed by atoms with van der Waals surface area (Å²) in [4.78, 5) is 26.1. The van der Waals surface area contributed by atoms with Gasteiger partial charge in [-0.15, -0.1) is 0 Å². The van der Waals surface area contributed by atoms with Crippen LogP contribution < -0.4 is 10.1 Å². The fourth-order valence-corrected chi connectivity index (χ4v) is 3.42. The van der Waals surface area contributed by atoms with E-state index in [9.17, 15) is 27.2 Å². The van der Waals surface area contributed by atoms with Crippen molar-refractivity contribution in [1.82, 2.24) is 4.90 Å². The predicted octanol–water partition coefficient (Wildman–Crippen LogP) is 4.42. The summed E-state index contributed by atoms with van der Waals surface area (Å²) in [6, 6.07) is 10.6. The summed E-state index contributed by atoms with van der Waals surface area (Å²) in [6.45, 7) is -0.311. The third kappa shape index (κ3) is 4.56. The maximum Gasteiger partial charge on any atom is 0.261 e. The van der Waals surface area contributed by atoms with Crippen LogP contribution in [0.25, 0.3) is 0 Å². The second-order valence-electron chi connectivity index (χ2n) is 7.19. The first-order valence-corrected chi connectivity index (χ1v) is 9.54. The second-order valence-corrected chi connectivity index (χ2v) is 7.19. The quantitative estimate of drug-likeness (QED) is 0.607. The number of carbonyl (C=O) groups is 2. The Kier molecular flexibility index (Phi) is 5.81. The van der Waals surface area contributed by atoms with E-state index in [1.165, 1.54) is 23.1 Å². The van der Waals surface area contributed by atoms with Crippen molar-refractivity contribution in [2.75, 3.05) is 11.9 Å². The molecule has 0 saturated carbocycles. The zero-order chi connectivity index (χ0) is 22.8. The number of fused-ring (bicyclic) bond motifs is 1. The minimum Gasteiger partial charge on any atom is -0.483 e. The van der Waals surface area contributed by atoms with E-state index in [1.807, 2.05) is 0 Å². The van der Waals surface area contributed by atoms with Crippen LogP contribution in [0, 0.1) is 23.3 Å². The van der Waals surface area contributed by atoms with Crippen molar-refractivity contribution < 1.29 is 31.9 Å². The SMILES string of the molecule is O=C(Nc1ccc2c(c1)CN(Cc1cc(F)cc(F)c1)C(=O)CO2)c1c(F)cccc1F. The van der Waals surface area contributed by atoms with Crippen molar-refractivity contribution in [1.29, 1.82) is 0 Å². The van der Waals surface area contributed by atoms with Gasteiger partial charge in [-0.05, 0) is 48.0 Å². The van der Waals surface area contributed by atoms with Crippen molar-refractivity contribution in [3.8, 4) is 5.75 Å².